The molecule has 3 nitrogen and oxygen atoms in total. The summed E-state index contributed by atoms with van der Waals surface area (Å²) in [5.74, 6) is 0.227. The molecule has 1 aromatic rings. The van der Waals surface area contributed by atoms with Crippen LogP contribution in [0.4, 0.5) is 0 Å². The molecule has 2 fully saturated rings. The first kappa shape index (κ1) is 12.4. The first-order valence-electron chi connectivity index (χ1n) is 6.85. The molecule has 1 atom stereocenters. The van der Waals surface area contributed by atoms with Gasteiger partial charge < -0.3 is 4.74 Å². The van der Waals surface area contributed by atoms with Crippen LogP contribution in [0, 0.1) is 11.3 Å². The molecule has 0 aromatic heterocycles. The molecule has 2 aliphatic carbocycles. The molecule has 2 aliphatic rings. The van der Waals surface area contributed by atoms with Gasteiger partial charge in [-0.1, -0.05) is 30.3 Å². The van der Waals surface area contributed by atoms with Crippen LogP contribution in [0.15, 0.2) is 30.3 Å². The normalized spacial score (nSPS) is 22.5. The molecular weight excluding hydrogens is 240 g/mol. The summed E-state index contributed by atoms with van der Waals surface area (Å²) in [6, 6.07) is 9.76. The third-order valence-corrected chi connectivity index (χ3v) is 4.40. The zero-order valence-electron chi connectivity index (χ0n) is 11.1. The number of hydrogen-bond donors (Lipinski definition) is 0. The van der Waals surface area contributed by atoms with Crippen LogP contribution in [0.2, 0.25) is 0 Å². The number of benzene rings is 1. The number of esters is 1. The molecule has 0 bridgehead atoms. The maximum Gasteiger partial charge on any atom is 0.309 e. The van der Waals surface area contributed by atoms with Crippen LogP contribution in [0.25, 0.3) is 0 Å². The molecule has 0 N–H and O–H groups in total. The molecule has 1 aromatic carbocycles. The lowest BCUT2D eigenvalue weighted by Crippen LogP contribution is -2.50. The Morgan fingerprint density at radius 3 is 2.47 bits per heavy atom. The van der Waals surface area contributed by atoms with Crippen molar-refractivity contribution >= 4 is 11.8 Å². The van der Waals surface area contributed by atoms with E-state index in [2.05, 4.69) is 0 Å². The minimum Gasteiger partial charge on any atom is -0.458 e. The van der Waals surface area contributed by atoms with E-state index in [0.717, 1.165) is 18.4 Å². The lowest BCUT2D eigenvalue weighted by Gasteiger charge is -2.51. The number of hydrogen-bond acceptors (Lipinski definition) is 3. The van der Waals surface area contributed by atoms with E-state index in [0.29, 0.717) is 18.6 Å². The van der Waals surface area contributed by atoms with E-state index in [4.69, 9.17) is 4.74 Å². The predicted molar refractivity (Wildman–Crippen MR) is 70.3 cm³/mol. The predicted octanol–water partition coefficient (Wildman–Crippen LogP) is 3.05. The summed E-state index contributed by atoms with van der Waals surface area (Å²) in [5, 5.41) is 0. The van der Waals surface area contributed by atoms with Crippen LogP contribution < -0.4 is 0 Å². The van der Waals surface area contributed by atoms with Crippen LogP contribution in [-0.2, 0) is 14.3 Å². The van der Waals surface area contributed by atoms with Gasteiger partial charge in [0.1, 0.15) is 11.9 Å². The Balaban J connectivity index is 1.51. The standard InChI is InChI=1S/C16H18O3/c1-11(12-5-3-2-4-6-12)19-15(18)13-7-16(8-13)9-14(17)10-16/h2-6,11,13H,7-10H2,1H3/t11-/m0/s1. The summed E-state index contributed by atoms with van der Waals surface area (Å²) in [5.41, 5.74) is 1.18. The topological polar surface area (TPSA) is 43.4 Å². The summed E-state index contributed by atoms with van der Waals surface area (Å²) < 4.78 is 5.51. The van der Waals surface area contributed by atoms with Gasteiger partial charge in [0.05, 0.1) is 5.92 Å². The van der Waals surface area contributed by atoms with Crippen molar-refractivity contribution in [3.63, 3.8) is 0 Å². The Labute approximate surface area is 113 Å². The van der Waals surface area contributed by atoms with E-state index >= 15 is 0 Å². The van der Waals surface area contributed by atoms with Gasteiger partial charge in [0, 0.05) is 12.8 Å². The van der Waals surface area contributed by atoms with Gasteiger partial charge in [-0.2, -0.15) is 0 Å². The Kier molecular flexibility index (Phi) is 2.92. The van der Waals surface area contributed by atoms with E-state index in [1.165, 1.54) is 0 Å². The van der Waals surface area contributed by atoms with Gasteiger partial charge in [0.15, 0.2) is 0 Å². The van der Waals surface area contributed by atoms with Crippen molar-refractivity contribution in [3.8, 4) is 0 Å². The fraction of sp³-hybridized carbons (Fsp3) is 0.500. The van der Waals surface area contributed by atoms with E-state index in [9.17, 15) is 9.59 Å². The SMILES string of the molecule is C[C@H](OC(=O)C1CC2(CC(=O)C2)C1)c1ccccc1. The van der Waals surface area contributed by atoms with Crippen molar-refractivity contribution in [2.24, 2.45) is 11.3 Å². The summed E-state index contributed by atoms with van der Waals surface area (Å²) in [7, 11) is 0. The average molecular weight is 258 g/mol. The Hall–Kier alpha value is -1.64. The van der Waals surface area contributed by atoms with Gasteiger partial charge in [0.25, 0.3) is 0 Å². The second kappa shape index (κ2) is 4.48. The molecule has 0 amide bonds. The maximum absolute atomic E-state index is 12.0. The fourth-order valence-electron chi connectivity index (χ4n) is 3.29. The molecule has 2 saturated carbocycles. The monoisotopic (exact) mass is 258 g/mol. The first-order chi connectivity index (χ1) is 9.08. The van der Waals surface area contributed by atoms with Crippen molar-refractivity contribution in [1.29, 1.82) is 0 Å². The quantitative estimate of drug-likeness (QED) is 0.783. The summed E-state index contributed by atoms with van der Waals surface area (Å²) in [6.07, 6.45) is 2.81. The highest BCUT2D eigenvalue weighted by atomic mass is 16.5. The summed E-state index contributed by atoms with van der Waals surface area (Å²) in [6.45, 7) is 1.90. The third kappa shape index (κ3) is 2.29. The molecule has 100 valence electrons. The molecule has 1 spiro atoms. The third-order valence-electron chi connectivity index (χ3n) is 4.40. The molecule has 0 saturated heterocycles. The highest BCUT2D eigenvalue weighted by Gasteiger charge is 2.55. The molecule has 0 unspecified atom stereocenters. The molecule has 3 rings (SSSR count). The van der Waals surface area contributed by atoms with Gasteiger partial charge >= 0.3 is 5.97 Å². The Morgan fingerprint density at radius 2 is 1.89 bits per heavy atom. The Bertz CT molecular complexity index is 490. The first-order valence-corrected chi connectivity index (χ1v) is 6.85. The van der Waals surface area contributed by atoms with E-state index in [1.807, 2.05) is 37.3 Å². The average Bonchev–Trinajstić information content (AvgIpc) is 2.32. The van der Waals surface area contributed by atoms with Crippen molar-refractivity contribution in [2.45, 2.75) is 38.7 Å². The van der Waals surface area contributed by atoms with Crippen LogP contribution >= 0.6 is 0 Å². The Morgan fingerprint density at radius 1 is 1.26 bits per heavy atom. The fourth-order valence-corrected chi connectivity index (χ4v) is 3.29. The van der Waals surface area contributed by atoms with Crippen molar-refractivity contribution in [1.82, 2.24) is 0 Å². The maximum atomic E-state index is 12.0. The molecule has 3 heteroatoms. The zero-order chi connectivity index (χ0) is 13.5. The van der Waals surface area contributed by atoms with Gasteiger partial charge in [-0.15, -0.1) is 0 Å². The zero-order valence-corrected chi connectivity index (χ0v) is 11.1. The largest absolute Gasteiger partial charge is 0.458 e. The van der Waals surface area contributed by atoms with E-state index in [1.54, 1.807) is 0 Å². The van der Waals surface area contributed by atoms with Gasteiger partial charge in [-0.05, 0) is 30.7 Å². The highest BCUT2D eigenvalue weighted by Crippen LogP contribution is 2.57. The smallest absolute Gasteiger partial charge is 0.309 e. The van der Waals surface area contributed by atoms with E-state index in [-0.39, 0.29) is 23.4 Å². The summed E-state index contributed by atoms with van der Waals surface area (Å²) >= 11 is 0. The minimum atomic E-state index is -0.201. The second-order valence-electron chi connectivity index (χ2n) is 5.99. The molecule has 0 radical (unpaired) electrons. The van der Waals surface area contributed by atoms with Gasteiger partial charge in [0.2, 0.25) is 0 Å². The molecule has 0 aliphatic heterocycles. The number of carbonyl (C=O) groups is 2. The number of rotatable bonds is 3. The number of ketones is 1. The van der Waals surface area contributed by atoms with Crippen LogP contribution in [0.3, 0.4) is 0 Å². The van der Waals surface area contributed by atoms with Crippen LogP contribution in [0.5, 0.6) is 0 Å². The van der Waals surface area contributed by atoms with Crippen molar-refractivity contribution in [2.75, 3.05) is 0 Å². The summed E-state index contributed by atoms with van der Waals surface area (Å²) in [4.78, 5) is 23.0. The van der Waals surface area contributed by atoms with Gasteiger partial charge in [-0.3, -0.25) is 9.59 Å². The van der Waals surface area contributed by atoms with E-state index < -0.39 is 0 Å². The van der Waals surface area contributed by atoms with Crippen molar-refractivity contribution in [3.05, 3.63) is 35.9 Å². The number of carbonyl (C=O) groups excluding carboxylic acids is 2. The lowest BCUT2D eigenvalue weighted by molar-refractivity contribution is -0.169. The molecule has 0 heterocycles. The van der Waals surface area contributed by atoms with Crippen molar-refractivity contribution < 1.29 is 14.3 Å². The van der Waals surface area contributed by atoms with Crippen LogP contribution in [-0.4, -0.2) is 11.8 Å². The minimum absolute atomic E-state index is 0.000683. The number of ether oxygens (including phenoxy) is 1. The molecular formula is C16H18O3. The van der Waals surface area contributed by atoms with Crippen LogP contribution in [0.1, 0.15) is 44.3 Å². The lowest BCUT2D eigenvalue weighted by atomic mass is 9.51. The number of Topliss-reactive ketones (excluding diaryl/α,β-unsaturated/α-hetero) is 1. The molecule has 19 heavy (non-hydrogen) atoms. The second-order valence-corrected chi connectivity index (χ2v) is 5.99. The van der Waals surface area contributed by atoms with Gasteiger partial charge in [-0.25, -0.2) is 0 Å². The highest BCUT2D eigenvalue weighted by molar-refractivity contribution is 5.87.